The predicted molar refractivity (Wildman–Crippen MR) is 234 cm³/mol. The third-order valence-corrected chi connectivity index (χ3v) is 11.4. The third-order valence-electron chi connectivity index (χ3n) is 10.4. The van der Waals surface area contributed by atoms with Crippen molar-refractivity contribution < 1.29 is 37.9 Å². The number of allylic oxidation sites excluding steroid dienone is 2. The normalized spacial score (nSPS) is 13.3. The maximum Gasteiger partial charge on any atom is 0.472 e. The molecule has 0 saturated heterocycles. The number of nitrogens with one attached hydrogen (secondary N) is 1. The van der Waals surface area contributed by atoms with Crippen LogP contribution in [0.3, 0.4) is 0 Å². The number of aliphatic hydroxyl groups excluding tert-OH is 1. The summed E-state index contributed by atoms with van der Waals surface area (Å²) in [6.07, 6.45) is 45.7. The third kappa shape index (κ3) is 43.9. The molecule has 0 fully saturated rings. The summed E-state index contributed by atoms with van der Waals surface area (Å²) >= 11 is 0. The van der Waals surface area contributed by atoms with E-state index in [-0.39, 0.29) is 32.1 Å². The molecule has 0 saturated carbocycles. The first-order chi connectivity index (χ1) is 27.3. The van der Waals surface area contributed by atoms with E-state index < -0.39 is 26.5 Å². The molecule has 0 heterocycles. The van der Waals surface area contributed by atoms with E-state index in [1.165, 1.54) is 167 Å². The smallest absolute Gasteiger partial charge is 0.463 e. The van der Waals surface area contributed by atoms with E-state index in [2.05, 4.69) is 31.3 Å². The van der Waals surface area contributed by atoms with E-state index in [0.717, 1.165) is 44.9 Å². The monoisotopic (exact) mass is 816 g/mol. The summed E-state index contributed by atoms with van der Waals surface area (Å²) in [4.78, 5) is 34.0. The fourth-order valence-electron chi connectivity index (χ4n) is 6.85. The molecule has 0 aliphatic carbocycles. The number of phosphoric ester groups is 1. The molecule has 9 nitrogen and oxygen atoms in total. The van der Waals surface area contributed by atoms with E-state index in [0.29, 0.717) is 6.42 Å². The van der Waals surface area contributed by atoms with Gasteiger partial charge in [-0.2, -0.15) is 0 Å². The van der Waals surface area contributed by atoms with Gasteiger partial charge in [-0.1, -0.05) is 199 Å². The Labute approximate surface area is 345 Å². The van der Waals surface area contributed by atoms with Gasteiger partial charge in [0.15, 0.2) is 0 Å². The Bertz CT molecular complexity index is 933. The molecule has 0 aromatic carbocycles. The maximum absolute atomic E-state index is 12.1. The number of esters is 1. The van der Waals surface area contributed by atoms with Gasteiger partial charge in [0.05, 0.1) is 13.2 Å². The number of carbonyl (C=O) groups excluding carboxylic acids is 2. The van der Waals surface area contributed by atoms with Crippen LogP contribution in [0.25, 0.3) is 0 Å². The lowest BCUT2D eigenvalue weighted by Gasteiger charge is -2.15. The van der Waals surface area contributed by atoms with E-state index in [1.54, 1.807) is 0 Å². The van der Waals surface area contributed by atoms with Crippen molar-refractivity contribution in [3.05, 3.63) is 12.2 Å². The number of ether oxygens (including phenoxy) is 1. The highest BCUT2D eigenvalue weighted by Gasteiger charge is 2.23. The first-order valence-electron chi connectivity index (χ1n) is 23.7. The Hall–Kier alpha value is -1.25. The quantitative estimate of drug-likeness (QED) is 0.0240. The van der Waals surface area contributed by atoms with E-state index >= 15 is 0 Å². The molecule has 0 rings (SSSR count). The number of unbranched alkanes of at least 4 members (excludes halogenated alkanes) is 30. The second-order valence-corrected chi connectivity index (χ2v) is 17.5. The minimum Gasteiger partial charge on any atom is -0.463 e. The Kier molecular flexibility index (Phi) is 42.4. The van der Waals surface area contributed by atoms with Gasteiger partial charge >= 0.3 is 13.8 Å². The van der Waals surface area contributed by atoms with Gasteiger partial charge in [0, 0.05) is 19.4 Å². The van der Waals surface area contributed by atoms with Gasteiger partial charge < -0.3 is 20.1 Å². The van der Waals surface area contributed by atoms with E-state index in [1.807, 2.05) is 0 Å². The van der Waals surface area contributed by atoms with Crippen LogP contribution in [0.1, 0.15) is 239 Å². The van der Waals surface area contributed by atoms with Crippen LogP contribution in [0.5, 0.6) is 0 Å². The summed E-state index contributed by atoms with van der Waals surface area (Å²) in [6.45, 7) is 3.58. The second-order valence-electron chi connectivity index (χ2n) is 16.1. The number of rotatable bonds is 45. The lowest BCUT2D eigenvalue weighted by molar-refractivity contribution is -0.147. The highest BCUT2D eigenvalue weighted by molar-refractivity contribution is 7.47. The van der Waals surface area contributed by atoms with Gasteiger partial charge in [0.25, 0.3) is 0 Å². The Morgan fingerprint density at radius 2 is 0.911 bits per heavy atom. The highest BCUT2D eigenvalue weighted by Crippen LogP contribution is 2.42. The summed E-state index contributed by atoms with van der Waals surface area (Å²) < 4.78 is 26.9. The number of hydrogen-bond donors (Lipinski definition) is 3. The van der Waals surface area contributed by atoms with Crippen LogP contribution in [0.4, 0.5) is 0 Å². The summed E-state index contributed by atoms with van der Waals surface area (Å²) in [5.41, 5.74) is 0. The zero-order valence-electron chi connectivity index (χ0n) is 36.6. The summed E-state index contributed by atoms with van der Waals surface area (Å²) in [5.74, 6) is -0.514. The Balaban J connectivity index is 3.55. The average molecular weight is 816 g/mol. The molecule has 0 aromatic heterocycles. The van der Waals surface area contributed by atoms with Gasteiger partial charge in [-0.15, -0.1) is 0 Å². The van der Waals surface area contributed by atoms with Crippen LogP contribution in [0, 0.1) is 0 Å². The maximum atomic E-state index is 12.1. The molecule has 10 heteroatoms. The molecule has 332 valence electrons. The fourth-order valence-corrected chi connectivity index (χ4v) is 7.60. The zero-order chi connectivity index (χ0) is 41.1. The molecular weight excluding hydrogens is 725 g/mol. The van der Waals surface area contributed by atoms with Gasteiger partial charge in [0.2, 0.25) is 5.91 Å². The average Bonchev–Trinajstić information content (AvgIpc) is 3.18. The number of aliphatic hydroxyl groups is 1. The molecular formula is C46H90NO8P. The van der Waals surface area contributed by atoms with E-state index in [9.17, 15) is 24.2 Å². The number of amides is 1. The second kappa shape index (κ2) is 43.3. The van der Waals surface area contributed by atoms with Gasteiger partial charge in [-0.3, -0.25) is 18.6 Å². The molecule has 0 radical (unpaired) electrons. The molecule has 1 amide bonds. The Morgan fingerprint density at radius 3 is 1.34 bits per heavy atom. The summed E-state index contributed by atoms with van der Waals surface area (Å²) in [5, 5.41) is 12.7. The lowest BCUT2D eigenvalue weighted by atomic mass is 10.0. The van der Waals surface area contributed by atoms with Gasteiger partial charge in [0.1, 0.15) is 12.7 Å². The van der Waals surface area contributed by atoms with Crippen molar-refractivity contribution in [2.24, 2.45) is 0 Å². The number of phosphoric acid groups is 1. The van der Waals surface area contributed by atoms with Crippen molar-refractivity contribution in [3.8, 4) is 0 Å². The van der Waals surface area contributed by atoms with Crippen molar-refractivity contribution in [1.29, 1.82) is 0 Å². The molecule has 2 atom stereocenters. The SMILES string of the molecule is CCCCCCCCC/C=C\CCCCCCCC(=O)NCCOP(=O)(O)OCC(O)COC(=O)CCCCCCCCCCCCCCCCCCCCC. The Morgan fingerprint density at radius 1 is 0.536 bits per heavy atom. The predicted octanol–water partition coefficient (Wildman–Crippen LogP) is 13.4. The van der Waals surface area contributed by atoms with Crippen LogP contribution in [0.2, 0.25) is 0 Å². The van der Waals surface area contributed by atoms with Crippen LogP contribution < -0.4 is 5.32 Å². The van der Waals surface area contributed by atoms with Crippen LogP contribution in [0.15, 0.2) is 12.2 Å². The molecule has 0 spiro atoms. The standard InChI is InChI=1S/C46H90NO8P/c1-3-5-7-9-11-13-15-17-19-21-22-23-25-27-29-31-33-35-37-39-46(50)53-42-44(48)43-55-56(51,52)54-41-40-47-45(49)38-36-34-32-30-28-26-24-20-18-16-14-12-10-8-6-4-2/h20,24,44,48H,3-19,21-23,25-43H2,1-2H3,(H,47,49)(H,51,52)/b24-20-. The first-order valence-corrected chi connectivity index (χ1v) is 25.2. The molecule has 2 unspecified atom stereocenters. The molecule has 0 aliphatic heterocycles. The first kappa shape index (κ1) is 54.8. The van der Waals surface area contributed by atoms with Gasteiger partial charge in [-0.05, 0) is 38.5 Å². The number of hydrogen-bond acceptors (Lipinski definition) is 7. The van der Waals surface area contributed by atoms with Crippen LogP contribution in [-0.2, 0) is 27.9 Å². The van der Waals surface area contributed by atoms with Crippen molar-refractivity contribution in [3.63, 3.8) is 0 Å². The molecule has 0 bridgehead atoms. The van der Waals surface area contributed by atoms with Crippen LogP contribution in [-0.4, -0.2) is 54.3 Å². The zero-order valence-corrected chi connectivity index (χ0v) is 37.5. The minimum absolute atomic E-state index is 0.0809. The van der Waals surface area contributed by atoms with E-state index in [4.69, 9.17) is 13.8 Å². The summed E-state index contributed by atoms with van der Waals surface area (Å²) in [6, 6.07) is 0. The molecule has 3 N–H and O–H groups in total. The minimum atomic E-state index is -4.42. The van der Waals surface area contributed by atoms with Crippen molar-refractivity contribution in [1.82, 2.24) is 5.32 Å². The largest absolute Gasteiger partial charge is 0.472 e. The van der Waals surface area contributed by atoms with Gasteiger partial charge in [-0.25, -0.2) is 4.57 Å². The lowest BCUT2D eigenvalue weighted by Crippen LogP contribution is -2.27. The van der Waals surface area contributed by atoms with Crippen molar-refractivity contribution in [2.75, 3.05) is 26.4 Å². The summed E-state index contributed by atoms with van der Waals surface area (Å²) in [7, 11) is -4.42. The number of carbonyl (C=O) groups is 2. The molecule has 0 aliphatic rings. The highest BCUT2D eigenvalue weighted by atomic mass is 31.2. The van der Waals surface area contributed by atoms with Crippen molar-refractivity contribution >= 4 is 19.7 Å². The molecule has 56 heavy (non-hydrogen) atoms. The topological polar surface area (TPSA) is 131 Å². The van der Waals surface area contributed by atoms with Crippen LogP contribution >= 0.6 is 7.82 Å². The van der Waals surface area contributed by atoms with Crippen molar-refractivity contribution in [2.45, 2.75) is 245 Å². The fraction of sp³-hybridized carbons (Fsp3) is 0.913. The molecule has 0 aromatic rings.